The van der Waals surface area contributed by atoms with Crippen molar-refractivity contribution in [1.82, 2.24) is 0 Å². The molecule has 1 saturated carbocycles. The van der Waals surface area contributed by atoms with E-state index in [0.717, 1.165) is 25.7 Å². The molecule has 0 amide bonds. The number of aliphatic carboxylic acids is 1. The van der Waals surface area contributed by atoms with Crippen molar-refractivity contribution < 1.29 is 19.4 Å². The summed E-state index contributed by atoms with van der Waals surface area (Å²) in [6.07, 6.45) is 3.80. The van der Waals surface area contributed by atoms with Gasteiger partial charge in [-0.25, -0.2) is 0 Å². The number of halogens is 1. The number of carbonyl (C=O) groups is 1. The number of carboxylic acid groups (broad SMARTS) is 1. The summed E-state index contributed by atoms with van der Waals surface area (Å²) in [6.45, 7) is 0. The molecule has 1 spiro atoms. The van der Waals surface area contributed by atoms with Crippen LogP contribution in [0, 0.1) is 0 Å². The van der Waals surface area contributed by atoms with Gasteiger partial charge in [-0.2, -0.15) is 0 Å². The molecule has 0 unspecified atom stereocenters. The van der Waals surface area contributed by atoms with Gasteiger partial charge in [-0.1, -0.05) is 11.6 Å². The van der Waals surface area contributed by atoms with Gasteiger partial charge in [-0.15, -0.1) is 0 Å². The minimum atomic E-state index is -0.911. The molecule has 0 atom stereocenters. The first-order chi connectivity index (χ1) is 8.58. The Morgan fingerprint density at radius 2 is 1.89 bits per heavy atom. The average molecular weight is 269 g/mol. The molecule has 5 heteroatoms. The van der Waals surface area contributed by atoms with Crippen LogP contribution >= 0.6 is 11.6 Å². The van der Waals surface area contributed by atoms with Crippen molar-refractivity contribution in [3.8, 4) is 11.5 Å². The predicted octanol–water partition coefficient (Wildman–Crippen LogP) is 3.01. The van der Waals surface area contributed by atoms with Crippen LogP contribution in [0.3, 0.4) is 0 Å². The van der Waals surface area contributed by atoms with Crippen LogP contribution in [0.4, 0.5) is 0 Å². The molecular formula is C13H13ClO4. The first-order valence-electron chi connectivity index (χ1n) is 6.00. The molecule has 0 bridgehead atoms. The lowest BCUT2D eigenvalue weighted by molar-refractivity contribution is -0.136. The van der Waals surface area contributed by atoms with E-state index in [1.807, 2.05) is 0 Å². The van der Waals surface area contributed by atoms with Crippen LogP contribution in [0.1, 0.15) is 31.2 Å². The number of hydrogen-bond donors (Lipinski definition) is 1. The van der Waals surface area contributed by atoms with Crippen molar-refractivity contribution in [1.29, 1.82) is 0 Å². The molecule has 3 rings (SSSR count). The Labute approximate surface area is 109 Å². The van der Waals surface area contributed by atoms with Gasteiger partial charge in [-0.05, 0) is 24.5 Å². The highest BCUT2D eigenvalue weighted by molar-refractivity contribution is 6.31. The first-order valence-corrected chi connectivity index (χ1v) is 6.38. The molecule has 1 fully saturated rings. The summed E-state index contributed by atoms with van der Waals surface area (Å²) >= 11 is 6.05. The fourth-order valence-corrected chi connectivity index (χ4v) is 2.80. The highest BCUT2D eigenvalue weighted by Gasteiger charge is 2.44. The minimum absolute atomic E-state index is 0.109. The monoisotopic (exact) mass is 268 g/mol. The predicted molar refractivity (Wildman–Crippen MR) is 65.2 cm³/mol. The van der Waals surface area contributed by atoms with E-state index >= 15 is 0 Å². The molecule has 4 nitrogen and oxygen atoms in total. The summed E-state index contributed by atoms with van der Waals surface area (Å²) in [5.74, 6) is -0.215. The summed E-state index contributed by atoms with van der Waals surface area (Å²) < 4.78 is 11.7. The molecule has 1 aromatic carbocycles. The van der Waals surface area contributed by atoms with Crippen LogP contribution in [0.5, 0.6) is 11.5 Å². The molecule has 0 saturated heterocycles. The van der Waals surface area contributed by atoms with Gasteiger partial charge in [0.15, 0.2) is 11.5 Å². The summed E-state index contributed by atoms with van der Waals surface area (Å²) in [5, 5.41) is 9.23. The van der Waals surface area contributed by atoms with Crippen LogP contribution < -0.4 is 9.47 Å². The fourth-order valence-electron chi connectivity index (χ4n) is 2.57. The van der Waals surface area contributed by atoms with Crippen LogP contribution in [-0.2, 0) is 11.2 Å². The second-order valence-electron chi connectivity index (χ2n) is 4.78. The largest absolute Gasteiger partial charge is 0.481 e. The van der Waals surface area contributed by atoms with Crippen molar-refractivity contribution in [3.63, 3.8) is 0 Å². The molecule has 18 heavy (non-hydrogen) atoms. The second kappa shape index (κ2) is 4.05. The van der Waals surface area contributed by atoms with Crippen LogP contribution in [0.15, 0.2) is 12.1 Å². The Bertz CT molecular complexity index is 506. The van der Waals surface area contributed by atoms with E-state index in [2.05, 4.69) is 0 Å². The van der Waals surface area contributed by atoms with Gasteiger partial charge >= 0.3 is 5.97 Å². The quantitative estimate of drug-likeness (QED) is 0.896. The van der Waals surface area contributed by atoms with E-state index in [1.165, 1.54) is 0 Å². The number of fused-ring (bicyclic) bond motifs is 1. The zero-order valence-corrected chi connectivity index (χ0v) is 10.5. The van der Waals surface area contributed by atoms with E-state index in [4.69, 9.17) is 26.2 Å². The van der Waals surface area contributed by atoms with Gasteiger partial charge in [0.25, 0.3) is 5.79 Å². The lowest BCUT2D eigenvalue weighted by Gasteiger charge is -2.21. The third-order valence-electron chi connectivity index (χ3n) is 3.41. The molecule has 0 radical (unpaired) electrons. The molecule has 1 aliphatic carbocycles. The van der Waals surface area contributed by atoms with Crippen molar-refractivity contribution >= 4 is 17.6 Å². The van der Waals surface area contributed by atoms with Crippen LogP contribution in [0.25, 0.3) is 0 Å². The third kappa shape index (κ3) is 1.90. The molecule has 1 aromatic rings. The Morgan fingerprint density at radius 3 is 2.50 bits per heavy atom. The Morgan fingerprint density at radius 1 is 1.28 bits per heavy atom. The summed E-state index contributed by atoms with van der Waals surface area (Å²) in [5.41, 5.74) is 0.557. The zero-order chi connectivity index (χ0) is 12.8. The third-order valence-corrected chi connectivity index (χ3v) is 3.76. The van der Waals surface area contributed by atoms with E-state index in [-0.39, 0.29) is 6.42 Å². The van der Waals surface area contributed by atoms with Crippen LogP contribution in [-0.4, -0.2) is 16.9 Å². The van der Waals surface area contributed by atoms with Gasteiger partial charge in [0.05, 0.1) is 6.42 Å². The van der Waals surface area contributed by atoms with Crippen molar-refractivity contribution in [2.24, 2.45) is 0 Å². The Balaban J connectivity index is 1.92. The highest BCUT2D eigenvalue weighted by Crippen LogP contribution is 2.48. The normalized spacial score (nSPS) is 19.4. The number of rotatable bonds is 2. The van der Waals surface area contributed by atoms with E-state index in [9.17, 15) is 4.79 Å². The number of benzene rings is 1. The molecule has 0 aromatic heterocycles. The smallest absolute Gasteiger partial charge is 0.307 e. The van der Waals surface area contributed by atoms with Crippen molar-refractivity contribution in [3.05, 3.63) is 22.7 Å². The summed E-state index contributed by atoms with van der Waals surface area (Å²) in [4.78, 5) is 10.7. The van der Waals surface area contributed by atoms with E-state index in [0.29, 0.717) is 22.1 Å². The average Bonchev–Trinajstić information content (AvgIpc) is 2.86. The zero-order valence-electron chi connectivity index (χ0n) is 9.74. The number of ether oxygens (including phenoxy) is 2. The lowest BCUT2D eigenvalue weighted by atomic mass is 10.1. The highest BCUT2D eigenvalue weighted by atomic mass is 35.5. The first kappa shape index (κ1) is 11.7. The van der Waals surface area contributed by atoms with Gasteiger partial charge < -0.3 is 14.6 Å². The lowest BCUT2D eigenvalue weighted by Crippen LogP contribution is -2.34. The Hall–Kier alpha value is -1.42. The second-order valence-corrected chi connectivity index (χ2v) is 5.19. The van der Waals surface area contributed by atoms with Gasteiger partial charge in [0, 0.05) is 23.9 Å². The maximum Gasteiger partial charge on any atom is 0.307 e. The standard InChI is InChI=1S/C13H13ClO4/c14-9-7-11-10(5-8(9)6-12(15)16)17-13(18-11)3-1-2-4-13/h5,7H,1-4,6H2,(H,15,16). The SMILES string of the molecule is O=C(O)Cc1cc2c(cc1Cl)OC1(CCCC1)O2. The van der Waals surface area contributed by atoms with Gasteiger partial charge in [-0.3, -0.25) is 4.79 Å². The van der Waals surface area contributed by atoms with Crippen LogP contribution in [0.2, 0.25) is 5.02 Å². The number of hydrogen-bond acceptors (Lipinski definition) is 3. The van der Waals surface area contributed by atoms with Crippen molar-refractivity contribution in [2.75, 3.05) is 0 Å². The topological polar surface area (TPSA) is 55.8 Å². The van der Waals surface area contributed by atoms with E-state index < -0.39 is 11.8 Å². The summed E-state index contributed by atoms with van der Waals surface area (Å²) in [6, 6.07) is 3.33. The molecule has 1 N–H and O–H groups in total. The molecule has 1 heterocycles. The van der Waals surface area contributed by atoms with Gasteiger partial charge in [0.2, 0.25) is 0 Å². The summed E-state index contributed by atoms with van der Waals surface area (Å²) in [7, 11) is 0. The molecular weight excluding hydrogens is 256 g/mol. The maximum atomic E-state index is 10.7. The number of carboxylic acids is 1. The Kier molecular flexibility index (Phi) is 2.63. The van der Waals surface area contributed by atoms with Crippen molar-refractivity contribution in [2.45, 2.75) is 37.9 Å². The molecule has 2 aliphatic rings. The van der Waals surface area contributed by atoms with E-state index in [1.54, 1.807) is 12.1 Å². The van der Waals surface area contributed by atoms with Gasteiger partial charge in [0.1, 0.15) is 0 Å². The molecule has 96 valence electrons. The maximum absolute atomic E-state index is 10.7. The fraction of sp³-hybridized carbons (Fsp3) is 0.462. The minimum Gasteiger partial charge on any atom is -0.481 e. The molecule has 1 aliphatic heterocycles.